The largest absolute Gasteiger partial charge is 1.00 e. The van der Waals surface area contributed by atoms with Crippen molar-refractivity contribution in [1.82, 2.24) is 4.90 Å². The number of nitrogens with zero attached hydrogens (tertiary/aromatic N) is 4. The normalized spacial score (nSPS) is 23.4. The first-order valence-electron chi connectivity index (χ1n) is 10.4. The average molecular weight is 487 g/mol. The van der Waals surface area contributed by atoms with E-state index in [0.717, 1.165) is 38.1 Å². The maximum absolute atomic E-state index is 13.6. The number of para-hydroxylation sites is 1. The minimum atomic E-state index is -1.40. The van der Waals surface area contributed by atoms with Crippen LogP contribution in [-0.4, -0.2) is 45.2 Å². The fourth-order valence-corrected chi connectivity index (χ4v) is 4.63. The van der Waals surface area contributed by atoms with Gasteiger partial charge in [-0.1, -0.05) is 18.2 Å². The number of amidine groups is 2. The number of hydrogen-bond acceptors (Lipinski definition) is 4. The molecule has 3 aliphatic heterocycles. The number of amides is 1. The van der Waals surface area contributed by atoms with E-state index in [2.05, 4.69) is 9.68 Å². The summed E-state index contributed by atoms with van der Waals surface area (Å²) in [5.41, 5.74) is -0.103. The van der Waals surface area contributed by atoms with Gasteiger partial charge in [0.25, 0.3) is 17.5 Å². The molecule has 1 unspecified atom stereocenters. The highest BCUT2D eigenvalue weighted by atomic mass is 79.9. The molecule has 1 atom stereocenters. The van der Waals surface area contributed by atoms with Gasteiger partial charge in [0.1, 0.15) is 12.2 Å². The second-order valence-electron chi connectivity index (χ2n) is 8.04. The number of hydrogen-bond donors (Lipinski definition) is 1. The van der Waals surface area contributed by atoms with Gasteiger partial charge in [0.15, 0.2) is 6.54 Å². The van der Waals surface area contributed by atoms with E-state index in [0.29, 0.717) is 23.6 Å². The van der Waals surface area contributed by atoms with Crippen LogP contribution in [0.5, 0.6) is 0 Å². The molecule has 5 rings (SSSR count). The summed E-state index contributed by atoms with van der Waals surface area (Å²) >= 11 is 0. The van der Waals surface area contributed by atoms with Crippen LogP contribution in [-0.2, 0) is 10.5 Å². The summed E-state index contributed by atoms with van der Waals surface area (Å²) in [6, 6.07) is 15.2. The van der Waals surface area contributed by atoms with Gasteiger partial charge < -0.3 is 22.1 Å². The van der Waals surface area contributed by atoms with Gasteiger partial charge in [-0.25, -0.2) is 4.39 Å². The fraction of sp³-hybridized carbons (Fsp3) is 0.348. The van der Waals surface area contributed by atoms with Crippen LogP contribution >= 0.6 is 0 Å². The molecule has 0 saturated heterocycles. The highest BCUT2D eigenvalue weighted by molar-refractivity contribution is 6.16. The molecule has 0 bridgehead atoms. The van der Waals surface area contributed by atoms with Gasteiger partial charge in [0.2, 0.25) is 5.84 Å². The van der Waals surface area contributed by atoms with E-state index < -0.39 is 5.72 Å². The molecule has 0 spiro atoms. The van der Waals surface area contributed by atoms with Gasteiger partial charge in [-0.15, -0.1) is 5.10 Å². The van der Waals surface area contributed by atoms with Crippen molar-refractivity contribution in [3.8, 4) is 0 Å². The molecule has 2 aromatic carbocycles. The number of aliphatic hydroxyl groups is 1. The molecule has 3 aliphatic rings. The number of anilines is 1. The number of rotatable bonds is 2. The first kappa shape index (κ1) is 21.6. The van der Waals surface area contributed by atoms with E-state index in [1.54, 1.807) is 12.1 Å². The Labute approximate surface area is 191 Å². The predicted octanol–water partition coefficient (Wildman–Crippen LogP) is 0.0258. The summed E-state index contributed by atoms with van der Waals surface area (Å²) in [4.78, 5) is 14.6. The van der Waals surface area contributed by atoms with Crippen molar-refractivity contribution >= 4 is 23.3 Å². The molecule has 1 N–H and O–H groups in total. The fourth-order valence-electron chi connectivity index (χ4n) is 4.63. The van der Waals surface area contributed by atoms with Crippen molar-refractivity contribution in [2.24, 2.45) is 5.10 Å². The van der Waals surface area contributed by atoms with Gasteiger partial charge >= 0.3 is 0 Å². The van der Waals surface area contributed by atoms with E-state index in [9.17, 15) is 14.3 Å². The Morgan fingerprint density at radius 2 is 1.77 bits per heavy atom. The van der Waals surface area contributed by atoms with E-state index in [1.165, 1.54) is 17.1 Å². The van der Waals surface area contributed by atoms with Crippen LogP contribution in [0.4, 0.5) is 10.1 Å². The molecule has 31 heavy (non-hydrogen) atoms. The highest BCUT2D eigenvalue weighted by Crippen LogP contribution is 2.36. The lowest BCUT2D eigenvalue weighted by Crippen LogP contribution is -3.00. The third-order valence-corrected chi connectivity index (χ3v) is 6.06. The summed E-state index contributed by atoms with van der Waals surface area (Å²) in [7, 11) is 0. The molecule has 162 valence electrons. The summed E-state index contributed by atoms with van der Waals surface area (Å²) in [6.07, 6.45) is 4.12. The molecule has 2 aromatic rings. The zero-order valence-corrected chi connectivity index (χ0v) is 18.6. The second kappa shape index (κ2) is 8.51. The van der Waals surface area contributed by atoms with E-state index in [4.69, 9.17) is 0 Å². The second-order valence-corrected chi connectivity index (χ2v) is 8.04. The number of hydrazone groups is 1. The molecule has 0 aromatic heterocycles. The first-order chi connectivity index (χ1) is 14.6. The van der Waals surface area contributed by atoms with Gasteiger partial charge in [-0.2, -0.15) is 9.91 Å². The van der Waals surface area contributed by atoms with Gasteiger partial charge in [0.05, 0.1) is 12.2 Å². The lowest BCUT2D eigenvalue weighted by molar-refractivity contribution is -0.534. The van der Waals surface area contributed by atoms with Gasteiger partial charge in [0, 0.05) is 12.0 Å². The van der Waals surface area contributed by atoms with Crippen molar-refractivity contribution in [3.63, 3.8) is 0 Å². The predicted molar refractivity (Wildman–Crippen MR) is 112 cm³/mol. The summed E-state index contributed by atoms with van der Waals surface area (Å²) < 4.78 is 15.7. The van der Waals surface area contributed by atoms with Crippen molar-refractivity contribution in [1.29, 1.82) is 0 Å². The topological polar surface area (TPSA) is 59.1 Å². The Morgan fingerprint density at radius 3 is 2.52 bits per heavy atom. The molecule has 0 radical (unpaired) electrons. The van der Waals surface area contributed by atoms with Crippen LogP contribution in [0.15, 0.2) is 59.7 Å². The SMILES string of the molecule is O=C1CC(N2C3=[N+](CCCCC3)CC2(O)c2ccc(F)cc2)=NN1c1ccccc1.[Br-]. The Balaban J connectivity index is 0.00000231. The smallest absolute Gasteiger partial charge is 0.276 e. The van der Waals surface area contributed by atoms with Crippen molar-refractivity contribution in [2.75, 3.05) is 18.1 Å². The van der Waals surface area contributed by atoms with Crippen LogP contribution in [0.2, 0.25) is 0 Å². The number of benzene rings is 2. The summed E-state index contributed by atoms with van der Waals surface area (Å²) in [5.74, 6) is 1.03. The summed E-state index contributed by atoms with van der Waals surface area (Å²) in [6.45, 7) is 1.21. The summed E-state index contributed by atoms with van der Waals surface area (Å²) in [5, 5.41) is 17.9. The molecule has 0 saturated carbocycles. The van der Waals surface area contributed by atoms with Crippen molar-refractivity contribution in [2.45, 2.75) is 37.8 Å². The Morgan fingerprint density at radius 1 is 1.03 bits per heavy atom. The molecule has 3 heterocycles. The quantitative estimate of drug-likeness (QED) is 0.609. The molecule has 1 amide bonds. The lowest BCUT2D eigenvalue weighted by atomic mass is 10.00. The third kappa shape index (κ3) is 3.78. The van der Waals surface area contributed by atoms with Crippen LogP contribution in [0, 0.1) is 5.82 Å². The molecule has 0 fully saturated rings. The van der Waals surface area contributed by atoms with Crippen LogP contribution in [0.25, 0.3) is 0 Å². The van der Waals surface area contributed by atoms with Gasteiger partial charge in [-0.05, 0) is 55.7 Å². The van der Waals surface area contributed by atoms with Crippen LogP contribution in [0.3, 0.4) is 0 Å². The lowest BCUT2D eigenvalue weighted by Gasteiger charge is -2.28. The standard InChI is InChI=1S/C23H24FN4O2.BrH/c24-18-12-10-17(11-13-18)23(30)16-26-14-6-2-5-9-21(26)27(23)20-15-22(29)28(25-20)19-7-3-1-4-8-19;/h1,3-4,7-8,10-13,30H,2,5-6,9,14-16H2;1H/q+1;/p-1. The van der Waals surface area contributed by atoms with Crippen molar-refractivity contribution < 1.29 is 35.8 Å². The highest BCUT2D eigenvalue weighted by Gasteiger charge is 2.57. The first-order valence-corrected chi connectivity index (χ1v) is 10.4. The Hall–Kier alpha value is -2.58. The number of halogens is 2. The molecule has 6 nitrogen and oxygen atoms in total. The zero-order chi connectivity index (χ0) is 20.7. The number of carbonyl (C=O) groups excluding carboxylic acids is 1. The number of carbonyl (C=O) groups is 1. The van der Waals surface area contributed by atoms with E-state index >= 15 is 0 Å². The minimum Gasteiger partial charge on any atom is -1.00 e. The molecule has 0 aliphatic carbocycles. The Kier molecular flexibility index (Phi) is 5.94. The molecular weight excluding hydrogens is 463 g/mol. The van der Waals surface area contributed by atoms with E-state index in [1.807, 2.05) is 35.2 Å². The van der Waals surface area contributed by atoms with Crippen molar-refractivity contribution in [3.05, 3.63) is 66.0 Å². The third-order valence-electron chi connectivity index (χ3n) is 6.06. The minimum absolute atomic E-state index is 0. The maximum atomic E-state index is 13.6. The zero-order valence-electron chi connectivity index (χ0n) is 17.0. The van der Waals surface area contributed by atoms with Crippen LogP contribution < -0.4 is 22.0 Å². The van der Waals surface area contributed by atoms with Gasteiger partial charge in [-0.3, -0.25) is 9.37 Å². The molecular formula is C23H24BrFN4O2. The van der Waals surface area contributed by atoms with Crippen LogP contribution in [0.1, 0.15) is 37.7 Å². The van der Waals surface area contributed by atoms with E-state index in [-0.39, 0.29) is 35.1 Å². The average Bonchev–Trinajstić information content (AvgIpc) is 3.17. The Bertz CT molecular complexity index is 1040. The maximum Gasteiger partial charge on any atom is 0.276 e. The molecule has 8 heteroatoms. The monoisotopic (exact) mass is 486 g/mol.